The van der Waals surface area contributed by atoms with Gasteiger partial charge < -0.3 is 15.0 Å². The standard InChI is InChI=1S/C21H31ClN4O/c1-7-18-20(16-10-9-15(26(4)5)13-17(16)22)24-19(8-2)21(25-18)23-14(3)11-12-27-6/h9-10,13-14H,7-8,11-12H2,1-6H3,(H,23,25). The quantitative estimate of drug-likeness (QED) is 0.664. The van der Waals surface area contributed by atoms with Crippen LogP contribution in [0.15, 0.2) is 18.2 Å². The molecule has 6 heteroatoms. The van der Waals surface area contributed by atoms with Crippen molar-refractivity contribution < 1.29 is 4.74 Å². The van der Waals surface area contributed by atoms with E-state index in [0.29, 0.717) is 5.02 Å². The van der Waals surface area contributed by atoms with Crippen LogP contribution in [-0.2, 0) is 17.6 Å². The van der Waals surface area contributed by atoms with Crippen LogP contribution < -0.4 is 10.2 Å². The summed E-state index contributed by atoms with van der Waals surface area (Å²) in [6, 6.07) is 6.34. The Labute approximate surface area is 168 Å². The molecule has 0 aliphatic rings. The van der Waals surface area contributed by atoms with Gasteiger partial charge in [0.25, 0.3) is 0 Å². The molecular weight excluding hydrogens is 360 g/mol. The fourth-order valence-electron chi connectivity index (χ4n) is 2.90. The molecule has 0 saturated heterocycles. The van der Waals surface area contributed by atoms with Crippen molar-refractivity contribution in [2.45, 2.75) is 46.1 Å². The van der Waals surface area contributed by atoms with E-state index in [9.17, 15) is 0 Å². The first-order valence-corrected chi connectivity index (χ1v) is 9.91. The maximum Gasteiger partial charge on any atom is 0.148 e. The van der Waals surface area contributed by atoms with Gasteiger partial charge in [0.1, 0.15) is 5.82 Å². The fourth-order valence-corrected chi connectivity index (χ4v) is 3.17. The maximum atomic E-state index is 6.59. The van der Waals surface area contributed by atoms with Gasteiger partial charge in [-0.1, -0.05) is 25.4 Å². The van der Waals surface area contributed by atoms with Crippen LogP contribution in [0.25, 0.3) is 11.3 Å². The van der Waals surface area contributed by atoms with Crippen molar-refractivity contribution in [1.82, 2.24) is 9.97 Å². The van der Waals surface area contributed by atoms with Crippen molar-refractivity contribution in [3.05, 3.63) is 34.6 Å². The number of aromatic nitrogens is 2. The Morgan fingerprint density at radius 1 is 1.15 bits per heavy atom. The molecule has 1 heterocycles. The zero-order valence-electron chi connectivity index (χ0n) is 17.3. The van der Waals surface area contributed by atoms with E-state index in [1.54, 1.807) is 7.11 Å². The van der Waals surface area contributed by atoms with E-state index >= 15 is 0 Å². The molecule has 0 radical (unpaired) electrons. The summed E-state index contributed by atoms with van der Waals surface area (Å²) in [5, 5.41) is 4.19. The molecule has 0 saturated carbocycles. The predicted molar refractivity (Wildman–Crippen MR) is 115 cm³/mol. The van der Waals surface area contributed by atoms with Gasteiger partial charge in [-0.2, -0.15) is 0 Å². The third kappa shape index (κ3) is 5.33. The van der Waals surface area contributed by atoms with Crippen LogP contribution >= 0.6 is 11.6 Å². The number of hydrogen-bond donors (Lipinski definition) is 1. The van der Waals surface area contributed by atoms with E-state index in [1.165, 1.54) is 0 Å². The van der Waals surface area contributed by atoms with Crippen LogP contribution in [0.3, 0.4) is 0 Å². The summed E-state index contributed by atoms with van der Waals surface area (Å²) in [6.07, 6.45) is 2.51. The molecule has 0 bridgehead atoms. The summed E-state index contributed by atoms with van der Waals surface area (Å²) in [5.41, 5.74) is 4.78. The van der Waals surface area contributed by atoms with Crippen molar-refractivity contribution in [2.75, 3.05) is 38.0 Å². The Hall–Kier alpha value is -1.85. The smallest absolute Gasteiger partial charge is 0.148 e. The first-order chi connectivity index (χ1) is 12.9. The molecule has 0 spiro atoms. The molecule has 148 valence electrons. The second kappa shape index (κ2) is 9.90. The summed E-state index contributed by atoms with van der Waals surface area (Å²) < 4.78 is 5.17. The van der Waals surface area contributed by atoms with Crippen molar-refractivity contribution in [3.8, 4) is 11.3 Å². The normalized spacial score (nSPS) is 12.1. The highest BCUT2D eigenvalue weighted by Crippen LogP contribution is 2.33. The van der Waals surface area contributed by atoms with Crippen LogP contribution in [0.2, 0.25) is 5.02 Å². The molecule has 0 aliphatic heterocycles. The van der Waals surface area contributed by atoms with Crippen LogP contribution in [0.5, 0.6) is 0 Å². The minimum Gasteiger partial charge on any atom is -0.385 e. The zero-order valence-corrected chi connectivity index (χ0v) is 18.0. The Balaban J connectivity index is 2.43. The fraction of sp³-hybridized carbons (Fsp3) is 0.524. The number of aryl methyl sites for hydroxylation is 2. The first kappa shape index (κ1) is 21.5. The van der Waals surface area contributed by atoms with Crippen molar-refractivity contribution >= 4 is 23.1 Å². The van der Waals surface area contributed by atoms with Gasteiger partial charge in [-0.25, -0.2) is 9.97 Å². The lowest BCUT2D eigenvalue weighted by Crippen LogP contribution is -2.20. The zero-order chi connectivity index (χ0) is 20.0. The van der Waals surface area contributed by atoms with Crippen molar-refractivity contribution in [2.24, 2.45) is 0 Å². The predicted octanol–water partition coefficient (Wildman–Crippen LogP) is 4.82. The first-order valence-electron chi connectivity index (χ1n) is 9.53. The molecule has 27 heavy (non-hydrogen) atoms. The molecule has 1 unspecified atom stereocenters. The summed E-state index contributed by atoms with van der Waals surface area (Å²) >= 11 is 6.59. The Kier molecular flexibility index (Phi) is 7.87. The lowest BCUT2D eigenvalue weighted by atomic mass is 10.1. The van der Waals surface area contributed by atoms with E-state index in [-0.39, 0.29) is 6.04 Å². The van der Waals surface area contributed by atoms with Gasteiger partial charge in [0.15, 0.2) is 0 Å². The summed E-state index contributed by atoms with van der Waals surface area (Å²) in [7, 11) is 5.73. The number of halogens is 1. The molecule has 1 aromatic carbocycles. The molecule has 0 amide bonds. The number of ether oxygens (including phenoxy) is 1. The maximum absolute atomic E-state index is 6.59. The van der Waals surface area contributed by atoms with Gasteiger partial charge in [0.2, 0.25) is 0 Å². The molecule has 1 atom stereocenters. The lowest BCUT2D eigenvalue weighted by molar-refractivity contribution is 0.191. The third-order valence-corrected chi connectivity index (χ3v) is 4.89. The van der Waals surface area contributed by atoms with E-state index in [2.05, 4.69) is 32.2 Å². The summed E-state index contributed by atoms with van der Waals surface area (Å²) in [4.78, 5) is 11.9. The number of anilines is 2. The van der Waals surface area contributed by atoms with Gasteiger partial charge in [0.05, 0.1) is 22.1 Å². The van der Waals surface area contributed by atoms with E-state index in [1.807, 2.05) is 31.1 Å². The number of nitrogens with zero attached hydrogens (tertiary/aromatic N) is 3. The monoisotopic (exact) mass is 390 g/mol. The van der Waals surface area contributed by atoms with Gasteiger partial charge in [-0.3, -0.25) is 0 Å². The molecule has 1 aromatic heterocycles. The Bertz CT molecular complexity index is 764. The SMILES string of the molecule is CCc1nc(-c2ccc(N(C)C)cc2Cl)c(CC)nc1NC(C)CCOC. The second-order valence-corrected chi connectivity index (χ2v) is 7.31. The molecule has 1 N–H and O–H groups in total. The van der Waals surface area contributed by atoms with Crippen LogP contribution in [0.4, 0.5) is 11.5 Å². The van der Waals surface area contributed by atoms with E-state index in [0.717, 1.165) is 60.0 Å². The van der Waals surface area contributed by atoms with Gasteiger partial charge in [-0.15, -0.1) is 0 Å². The van der Waals surface area contributed by atoms with Gasteiger partial charge >= 0.3 is 0 Å². The lowest BCUT2D eigenvalue weighted by Gasteiger charge is -2.19. The number of methoxy groups -OCH3 is 1. The molecule has 0 fully saturated rings. The summed E-state index contributed by atoms with van der Waals surface area (Å²) in [5.74, 6) is 0.864. The largest absolute Gasteiger partial charge is 0.385 e. The van der Waals surface area contributed by atoms with Crippen molar-refractivity contribution in [3.63, 3.8) is 0 Å². The Morgan fingerprint density at radius 3 is 2.41 bits per heavy atom. The highest BCUT2D eigenvalue weighted by Gasteiger charge is 2.17. The van der Waals surface area contributed by atoms with E-state index in [4.69, 9.17) is 26.3 Å². The number of rotatable bonds is 9. The Morgan fingerprint density at radius 2 is 1.85 bits per heavy atom. The van der Waals surface area contributed by atoms with Crippen LogP contribution in [0.1, 0.15) is 38.6 Å². The molecule has 0 aliphatic carbocycles. The van der Waals surface area contributed by atoms with Crippen LogP contribution in [-0.4, -0.2) is 43.8 Å². The number of hydrogen-bond acceptors (Lipinski definition) is 5. The molecular formula is C21H31ClN4O. The van der Waals surface area contributed by atoms with Crippen molar-refractivity contribution in [1.29, 1.82) is 0 Å². The molecule has 5 nitrogen and oxygen atoms in total. The topological polar surface area (TPSA) is 50.3 Å². The highest BCUT2D eigenvalue weighted by atomic mass is 35.5. The third-order valence-electron chi connectivity index (χ3n) is 4.57. The molecule has 2 aromatic rings. The number of nitrogens with one attached hydrogen (secondary N) is 1. The average molecular weight is 391 g/mol. The minimum atomic E-state index is 0.267. The number of benzene rings is 1. The second-order valence-electron chi connectivity index (χ2n) is 6.91. The molecule has 2 rings (SSSR count). The van der Waals surface area contributed by atoms with Gasteiger partial charge in [0, 0.05) is 45.1 Å². The van der Waals surface area contributed by atoms with Gasteiger partial charge in [-0.05, 0) is 44.4 Å². The highest BCUT2D eigenvalue weighted by molar-refractivity contribution is 6.33. The minimum absolute atomic E-state index is 0.267. The summed E-state index contributed by atoms with van der Waals surface area (Å²) in [6.45, 7) is 7.05. The average Bonchev–Trinajstić information content (AvgIpc) is 2.66. The van der Waals surface area contributed by atoms with Crippen LogP contribution in [0, 0.1) is 0 Å². The van der Waals surface area contributed by atoms with E-state index < -0.39 is 0 Å².